The molecule has 50 valence electrons. The maximum Gasteiger partial charge on any atom is 0.0842 e. The normalized spacial score (nSPS) is 13.8. The van der Waals surface area contributed by atoms with Gasteiger partial charge in [0.25, 0.3) is 0 Å². The van der Waals surface area contributed by atoms with E-state index in [0.29, 0.717) is 5.75 Å². The van der Waals surface area contributed by atoms with E-state index < -0.39 is 11.4 Å². The van der Waals surface area contributed by atoms with Gasteiger partial charge in [0.2, 0.25) is 0 Å². The molecule has 3 nitrogen and oxygen atoms in total. The zero-order valence-corrected chi connectivity index (χ0v) is 6.09. The topological polar surface area (TPSA) is 49.4 Å². The maximum absolute atomic E-state index is 9.64. The van der Waals surface area contributed by atoms with Crippen molar-refractivity contribution >= 4 is 23.1 Å². The first-order valence-corrected chi connectivity index (χ1v) is 4.38. The van der Waals surface area contributed by atoms with Crippen molar-refractivity contribution in [2.24, 2.45) is 0 Å². The Hall–Kier alpha value is 0.420. The highest BCUT2D eigenvalue weighted by atomic mass is 32.2. The molecule has 0 rings (SSSR count). The summed E-state index contributed by atoms with van der Waals surface area (Å²) in [5, 5.41) is 0. The lowest BCUT2D eigenvalue weighted by atomic mass is 10.9. The first-order chi connectivity index (χ1) is 3.77. The van der Waals surface area contributed by atoms with Crippen LogP contribution in [0.3, 0.4) is 0 Å². The first kappa shape index (κ1) is 8.42. The first-order valence-electron chi connectivity index (χ1n) is 1.99. The third-order valence-corrected chi connectivity index (χ3v) is 1.40. The predicted octanol–water partition coefficient (Wildman–Crippen LogP) is 0.160. The Morgan fingerprint density at radius 1 is 1.88 bits per heavy atom. The Balaban J connectivity index is 2.82. The molecule has 0 aromatic heterocycles. The van der Waals surface area contributed by atoms with Gasteiger partial charge in [-0.1, -0.05) is 0 Å². The molecular weight excluding hydrogens is 148 g/mol. The lowest BCUT2D eigenvalue weighted by Gasteiger charge is -2.02. The fourth-order valence-corrected chi connectivity index (χ4v) is 0.760. The Kier molecular flexibility index (Phi) is 5.85. The standard InChI is InChI=1S/C3H8O3S2/c1-7-3-2-6-8(4)5/h2-3H2,1H3,(H,4,5)/p-1. The van der Waals surface area contributed by atoms with Gasteiger partial charge in [-0.3, -0.25) is 4.18 Å². The van der Waals surface area contributed by atoms with Crippen LogP contribution >= 0.6 is 11.8 Å². The Bertz CT molecular complexity index is 74.9. The molecule has 0 saturated heterocycles. The van der Waals surface area contributed by atoms with Crippen LogP contribution < -0.4 is 0 Å². The average Bonchev–Trinajstić information content (AvgIpc) is 1.66. The summed E-state index contributed by atoms with van der Waals surface area (Å²) in [4.78, 5) is 0. The highest BCUT2D eigenvalue weighted by molar-refractivity contribution is 7.98. The molecule has 0 aliphatic heterocycles. The van der Waals surface area contributed by atoms with Gasteiger partial charge in [0, 0.05) is 5.75 Å². The molecule has 0 aliphatic rings. The molecule has 1 atom stereocenters. The minimum absolute atomic E-state index is 0.275. The average molecular weight is 155 g/mol. The van der Waals surface area contributed by atoms with Crippen LogP contribution in [0.4, 0.5) is 0 Å². The third-order valence-electron chi connectivity index (χ3n) is 0.467. The van der Waals surface area contributed by atoms with Crippen molar-refractivity contribution in [3.05, 3.63) is 0 Å². The fraction of sp³-hybridized carbons (Fsp3) is 1.00. The number of rotatable bonds is 4. The molecule has 5 heteroatoms. The molecular formula is C3H7O3S2-. The van der Waals surface area contributed by atoms with Crippen molar-refractivity contribution in [2.75, 3.05) is 18.6 Å². The largest absolute Gasteiger partial charge is 0.750 e. The van der Waals surface area contributed by atoms with Crippen molar-refractivity contribution in [1.82, 2.24) is 0 Å². The van der Waals surface area contributed by atoms with Crippen LogP contribution in [0.1, 0.15) is 0 Å². The van der Waals surface area contributed by atoms with Crippen LogP contribution in [0, 0.1) is 0 Å². The molecule has 0 fully saturated rings. The Labute approximate surface area is 55.3 Å². The summed E-state index contributed by atoms with van der Waals surface area (Å²) < 4.78 is 23.5. The van der Waals surface area contributed by atoms with Crippen LogP contribution in [0.25, 0.3) is 0 Å². The zero-order valence-electron chi connectivity index (χ0n) is 4.46. The zero-order chi connectivity index (χ0) is 6.41. The van der Waals surface area contributed by atoms with E-state index in [9.17, 15) is 8.76 Å². The summed E-state index contributed by atoms with van der Waals surface area (Å²) in [6.45, 7) is 0.275. The van der Waals surface area contributed by atoms with E-state index in [1.807, 2.05) is 6.26 Å². The predicted molar refractivity (Wildman–Crippen MR) is 33.3 cm³/mol. The van der Waals surface area contributed by atoms with E-state index in [2.05, 4.69) is 4.18 Å². The lowest BCUT2D eigenvalue weighted by Crippen LogP contribution is -1.98. The molecule has 0 aliphatic carbocycles. The molecule has 0 amide bonds. The molecule has 0 spiro atoms. The number of hydrogen-bond donors (Lipinski definition) is 0. The summed E-state index contributed by atoms with van der Waals surface area (Å²) >= 11 is -0.785. The van der Waals surface area contributed by atoms with Crippen molar-refractivity contribution in [3.63, 3.8) is 0 Å². The molecule has 8 heavy (non-hydrogen) atoms. The molecule has 0 N–H and O–H groups in total. The minimum atomic E-state index is -2.33. The van der Waals surface area contributed by atoms with Gasteiger partial charge in [0.05, 0.1) is 18.0 Å². The second kappa shape index (κ2) is 5.55. The molecule has 0 heterocycles. The smallest absolute Gasteiger partial charge is 0.0842 e. The van der Waals surface area contributed by atoms with Gasteiger partial charge in [-0.2, -0.15) is 11.8 Å². The van der Waals surface area contributed by atoms with E-state index in [1.165, 1.54) is 0 Å². The summed E-state index contributed by atoms with van der Waals surface area (Å²) in [5.74, 6) is 0.716. The summed E-state index contributed by atoms with van der Waals surface area (Å²) in [7, 11) is 0. The van der Waals surface area contributed by atoms with Crippen LogP contribution in [0.2, 0.25) is 0 Å². The highest BCUT2D eigenvalue weighted by Gasteiger charge is 1.82. The molecule has 0 saturated carbocycles. The van der Waals surface area contributed by atoms with Gasteiger partial charge < -0.3 is 4.55 Å². The second-order valence-electron chi connectivity index (χ2n) is 1.02. The summed E-state index contributed by atoms with van der Waals surface area (Å²) in [5.41, 5.74) is 0. The van der Waals surface area contributed by atoms with E-state index in [-0.39, 0.29) is 6.61 Å². The van der Waals surface area contributed by atoms with Gasteiger partial charge >= 0.3 is 0 Å². The highest BCUT2D eigenvalue weighted by Crippen LogP contribution is 1.90. The van der Waals surface area contributed by atoms with Crippen LogP contribution in [-0.4, -0.2) is 27.4 Å². The maximum atomic E-state index is 9.64. The molecule has 0 aromatic rings. The minimum Gasteiger partial charge on any atom is -0.750 e. The van der Waals surface area contributed by atoms with Gasteiger partial charge in [-0.15, -0.1) is 0 Å². The van der Waals surface area contributed by atoms with E-state index in [1.54, 1.807) is 11.8 Å². The van der Waals surface area contributed by atoms with Crippen LogP contribution in [0.15, 0.2) is 0 Å². The van der Waals surface area contributed by atoms with Crippen LogP contribution in [-0.2, 0) is 15.5 Å². The lowest BCUT2D eigenvalue weighted by molar-refractivity contribution is 0.320. The monoisotopic (exact) mass is 155 g/mol. The van der Waals surface area contributed by atoms with Crippen LogP contribution in [0.5, 0.6) is 0 Å². The van der Waals surface area contributed by atoms with Gasteiger partial charge in [-0.05, 0) is 6.26 Å². The van der Waals surface area contributed by atoms with Gasteiger partial charge in [0.15, 0.2) is 0 Å². The SMILES string of the molecule is CSCCOS(=O)[O-]. The van der Waals surface area contributed by atoms with E-state index in [0.717, 1.165) is 0 Å². The Morgan fingerprint density at radius 2 is 2.50 bits per heavy atom. The quantitative estimate of drug-likeness (QED) is 0.428. The third kappa shape index (κ3) is 6.42. The summed E-state index contributed by atoms with van der Waals surface area (Å²) in [6.07, 6.45) is 1.89. The van der Waals surface area contributed by atoms with Gasteiger partial charge in [0.1, 0.15) is 0 Å². The summed E-state index contributed by atoms with van der Waals surface area (Å²) in [6, 6.07) is 0. The van der Waals surface area contributed by atoms with E-state index >= 15 is 0 Å². The molecule has 0 bridgehead atoms. The number of hydrogen-bond acceptors (Lipinski definition) is 4. The second-order valence-corrected chi connectivity index (χ2v) is 2.65. The molecule has 0 aromatic carbocycles. The van der Waals surface area contributed by atoms with Crippen molar-refractivity contribution < 1.29 is 12.9 Å². The fourth-order valence-electron chi connectivity index (χ4n) is 0.185. The number of thioether (sulfide) groups is 1. The van der Waals surface area contributed by atoms with Crippen molar-refractivity contribution in [1.29, 1.82) is 0 Å². The Morgan fingerprint density at radius 3 is 2.88 bits per heavy atom. The molecule has 1 unspecified atom stereocenters. The van der Waals surface area contributed by atoms with Gasteiger partial charge in [-0.25, -0.2) is 4.21 Å². The van der Waals surface area contributed by atoms with Crippen molar-refractivity contribution in [2.45, 2.75) is 0 Å². The molecule has 0 radical (unpaired) electrons. The van der Waals surface area contributed by atoms with E-state index in [4.69, 9.17) is 0 Å². The van der Waals surface area contributed by atoms with Crippen molar-refractivity contribution in [3.8, 4) is 0 Å².